The van der Waals surface area contributed by atoms with E-state index in [9.17, 15) is 14.9 Å². The van der Waals surface area contributed by atoms with Gasteiger partial charge in [-0.05, 0) is 31.0 Å². The third kappa shape index (κ3) is 4.12. The number of primary amides is 1. The van der Waals surface area contributed by atoms with Crippen molar-refractivity contribution in [1.82, 2.24) is 4.98 Å². The average molecular weight is 366 g/mol. The number of nitro groups is 1. The number of hydrogen-bond acceptors (Lipinski definition) is 7. The van der Waals surface area contributed by atoms with Crippen molar-refractivity contribution in [1.29, 1.82) is 5.26 Å². The van der Waals surface area contributed by atoms with E-state index in [1.165, 1.54) is 18.2 Å². The van der Waals surface area contributed by atoms with Gasteiger partial charge in [0.1, 0.15) is 11.9 Å². The molecule has 3 rings (SSSR count). The molecule has 0 saturated carbocycles. The largest absolute Gasteiger partial charge is 0.382 e. The number of carbonyl (C=O) groups is 1. The fraction of sp³-hybridized carbons (Fsp3) is 0.278. The molecule has 0 radical (unpaired) electrons. The van der Waals surface area contributed by atoms with Crippen molar-refractivity contribution in [2.45, 2.75) is 18.9 Å². The quantitative estimate of drug-likeness (QED) is 0.610. The van der Waals surface area contributed by atoms with Gasteiger partial charge < -0.3 is 16.0 Å². The van der Waals surface area contributed by atoms with E-state index in [1.54, 1.807) is 12.3 Å². The predicted molar refractivity (Wildman–Crippen MR) is 99.4 cm³/mol. The SMILES string of the molecule is N#Cc1ccc(N2CCC(Nc3ccc([N+](=O)[O-])cc3C(N)=O)CC2)nc1. The molecule has 1 fully saturated rings. The molecule has 27 heavy (non-hydrogen) atoms. The zero-order valence-corrected chi connectivity index (χ0v) is 14.5. The smallest absolute Gasteiger partial charge is 0.270 e. The van der Waals surface area contributed by atoms with Crippen LogP contribution in [0.1, 0.15) is 28.8 Å². The lowest BCUT2D eigenvalue weighted by Gasteiger charge is -2.33. The molecule has 2 heterocycles. The minimum atomic E-state index is -0.708. The van der Waals surface area contributed by atoms with Gasteiger partial charge in [0.15, 0.2) is 0 Å². The molecule has 1 aliphatic rings. The summed E-state index contributed by atoms with van der Waals surface area (Å²) in [7, 11) is 0. The van der Waals surface area contributed by atoms with Crippen molar-refractivity contribution in [3.05, 3.63) is 57.8 Å². The van der Waals surface area contributed by atoms with Gasteiger partial charge in [0.05, 0.1) is 16.1 Å². The number of carbonyl (C=O) groups excluding carboxylic acids is 1. The first-order valence-electron chi connectivity index (χ1n) is 8.44. The molecule has 9 heteroatoms. The molecule has 1 aromatic carbocycles. The number of aromatic nitrogens is 1. The normalized spacial score (nSPS) is 14.4. The van der Waals surface area contributed by atoms with Gasteiger partial charge in [-0.25, -0.2) is 4.98 Å². The fourth-order valence-electron chi connectivity index (χ4n) is 3.09. The van der Waals surface area contributed by atoms with E-state index in [-0.39, 0.29) is 17.3 Å². The first-order chi connectivity index (χ1) is 13.0. The number of non-ortho nitro benzene ring substituents is 1. The number of hydrogen-bond donors (Lipinski definition) is 2. The molecule has 1 aromatic heterocycles. The summed E-state index contributed by atoms with van der Waals surface area (Å²) in [5.41, 5.74) is 6.33. The zero-order valence-electron chi connectivity index (χ0n) is 14.5. The van der Waals surface area contributed by atoms with E-state index in [0.717, 1.165) is 31.7 Å². The first kappa shape index (κ1) is 18.1. The van der Waals surface area contributed by atoms with Crippen molar-refractivity contribution in [2.24, 2.45) is 5.73 Å². The van der Waals surface area contributed by atoms with Crippen molar-refractivity contribution in [3.63, 3.8) is 0 Å². The zero-order chi connectivity index (χ0) is 19.4. The first-order valence-corrected chi connectivity index (χ1v) is 8.44. The molecule has 0 unspecified atom stereocenters. The molecule has 0 bridgehead atoms. The Bertz CT molecular complexity index is 898. The Balaban J connectivity index is 1.66. The second-order valence-corrected chi connectivity index (χ2v) is 6.27. The summed E-state index contributed by atoms with van der Waals surface area (Å²) in [4.78, 5) is 28.4. The highest BCUT2D eigenvalue weighted by atomic mass is 16.6. The Morgan fingerprint density at radius 1 is 1.33 bits per heavy atom. The van der Waals surface area contributed by atoms with Gasteiger partial charge >= 0.3 is 0 Å². The molecule has 1 amide bonds. The molecule has 0 aliphatic carbocycles. The lowest BCUT2D eigenvalue weighted by atomic mass is 10.0. The lowest BCUT2D eigenvalue weighted by molar-refractivity contribution is -0.384. The molecule has 9 nitrogen and oxygen atoms in total. The Hall–Kier alpha value is -3.67. The average Bonchev–Trinajstić information content (AvgIpc) is 2.68. The van der Waals surface area contributed by atoms with Crippen LogP contribution in [-0.2, 0) is 0 Å². The summed E-state index contributed by atoms with van der Waals surface area (Å²) in [5, 5.41) is 23.0. The highest BCUT2D eigenvalue weighted by molar-refractivity contribution is 5.99. The molecule has 3 N–H and O–H groups in total. The second-order valence-electron chi connectivity index (χ2n) is 6.27. The minimum Gasteiger partial charge on any atom is -0.382 e. The van der Waals surface area contributed by atoms with Gasteiger partial charge in [0.25, 0.3) is 11.6 Å². The number of amides is 1. The van der Waals surface area contributed by atoms with Crippen molar-refractivity contribution in [3.8, 4) is 6.07 Å². The highest BCUT2D eigenvalue weighted by Crippen LogP contribution is 2.25. The maximum atomic E-state index is 11.6. The van der Waals surface area contributed by atoms with Gasteiger partial charge in [-0.15, -0.1) is 0 Å². The number of nitrogens with one attached hydrogen (secondary N) is 1. The second kappa shape index (κ2) is 7.70. The maximum Gasteiger partial charge on any atom is 0.270 e. The van der Waals surface area contributed by atoms with Gasteiger partial charge in [-0.1, -0.05) is 0 Å². The maximum absolute atomic E-state index is 11.6. The van der Waals surface area contributed by atoms with Crippen LogP contribution in [0.2, 0.25) is 0 Å². The van der Waals surface area contributed by atoms with Gasteiger partial charge in [0, 0.05) is 43.1 Å². The minimum absolute atomic E-state index is 0.110. The summed E-state index contributed by atoms with van der Waals surface area (Å²) in [5.74, 6) is 0.112. The van der Waals surface area contributed by atoms with Crippen LogP contribution in [0.3, 0.4) is 0 Å². The Morgan fingerprint density at radius 3 is 2.63 bits per heavy atom. The number of pyridine rings is 1. The summed E-state index contributed by atoms with van der Waals surface area (Å²) in [6, 6.07) is 9.79. The van der Waals surface area contributed by atoms with Crippen LogP contribution in [-0.4, -0.2) is 34.9 Å². The predicted octanol–water partition coefficient (Wildman–Crippen LogP) is 2.04. The summed E-state index contributed by atoms with van der Waals surface area (Å²) in [6.45, 7) is 1.52. The molecule has 2 aromatic rings. The van der Waals surface area contributed by atoms with Crippen LogP contribution in [0, 0.1) is 21.4 Å². The Labute approximate surface area is 155 Å². The third-order valence-electron chi connectivity index (χ3n) is 4.53. The summed E-state index contributed by atoms with van der Waals surface area (Å²) in [6.07, 6.45) is 3.16. The third-order valence-corrected chi connectivity index (χ3v) is 4.53. The van der Waals surface area contributed by atoms with Crippen LogP contribution in [0.25, 0.3) is 0 Å². The van der Waals surface area contributed by atoms with Crippen molar-refractivity contribution in [2.75, 3.05) is 23.3 Å². The van der Waals surface area contributed by atoms with Gasteiger partial charge in [-0.2, -0.15) is 5.26 Å². The standard InChI is InChI=1S/C18H18N6O3/c19-10-12-1-4-17(21-11-12)23-7-5-13(6-8-23)22-16-3-2-14(24(26)27)9-15(16)18(20)25/h1-4,9,11,13,22H,5-8H2,(H2,20,25). The number of rotatable bonds is 5. The number of nitrogens with two attached hydrogens (primary N) is 1. The van der Waals surface area contributed by atoms with Crippen LogP contribution in [0.4, 0.5) is 17.2 Å². The van der Waals surface area contributed by atoms with Gasteiger partial charge in [-0.3, -0.25) is 14.9 Å². The van der Waals surface area contributed by atoms with E-state index in [1.807, 2.05) is 12.1 Å². The Kier molecular flexibility index (Phi) is 5.17. The molecule has 138 valence electrons. The number of nitrogens with zero attached hydrogens (tertiary/aromatic N) is 4. The van der Waals surface area contributed by atoms with Crippen molar-refractivity contribution < 1.29 is 9.72 Å². The fourth-order valence-corrected chi connectivity index (χ4v) is 3.09. The van der Waals surface area contributed by atoms with Crippen LogP contribution in [0.5, 0.6) is 0 Å². The Morgan fingerprint density at radius 2 is 2.07 bits per heavy atom. The summed E-state index contributed by atoms with van der Waals surface area (Å²) >= 11 is 0. The molecule has 1 saturated heterocycles. The van der Waals surface area contributed by atoms with E-state index in [0.29, 0.717) is 11.3 Å². The topological polar surface area (TPSA) is 138 Å². The number of anilines is 2. The number of benzene rings is 1. The van der Waals surface area contributed by atoms with E-state index >= 15 is 0 Å². The van der Waals surface area contributed by atoms with E-state index in [4.69, 9.17) is 11.0 Å². The molecular formula is C18H18N6O3. The van der Waals surface area contributed by atoms with Gasteiger partial charge in [0.2, 0.25) is 0 Å². The van der Waals surface area contributed by atoms with E-state index < -0.39 is 10.8 Å². The molecular weight excluding hydrogens is 348 g/mol. The van der Waals surface area contributed by atoms with Crippen molar-refractivity contribution >= 4 is 23.1 Å². The number of nitriles is 1. The van der Waals surface area contributed by atoms with E-state index in [2.05, 4.69) is 15.2 Å². The molecule has 1 aliphatic heterocycles. The molecule has 0 spiro atoms. The highest BCUT2D eigenvalue weighted by Gasteiger charge is 2.22. The lowest BCUT2D eigenvalue weighted by Crippen LogP contribution is -2.39. The number of nitro benzene ring substituents is 1. The van der Waals surface area contributed by atoms with Crippen LogP contribution in [0.15, 0.2) is 36.5 Å². The van der Waals surface area contributed by atoms with Crippen LogP contribution < -0.4 is 16.0 Å². The summed E-state index contributed by atoms with van der Waals surface area (Å²) < 4.78 is 0. The van der Waals surface area contributed by atoms with Crippen LogP contribution >= 0.6 is 0 Å². The monoisotopic (exact) mass is 366 g/mol. The number of piperidine rings is 1. The molecule has 0 atom stereocenters.